The molecule has 2 aromatic heterocycles. The number of hydrogen-bond donors (Lipinski definition) is 3. The molecular formula is C17H14ClN5O4S. The number of aromatic amines is 1. The third kappa shape index (κ3) is 3.44. The number of nitrogens with zero attached hydrogens (tertiary/aromatic N) is 2. The van der Waals surface area contributed by atoms with Crippen LogP contribution in [0.3, 0.4) is 0 Å². The first kappa shape index (κ1) is 18.4. The Labute approximate surface area is 164 Å². The molecule has 0 radical (unpaired) electrons. The Balaban J connectivity index is 1.39. The predicted octanol–water partition coefficient (Wildman–Crippen LogP) is 2.07. The minimum Gasteiger partial charge on any atom is -0.361 e. The van der Waals surface area contributed by atoms with Crippen LogP contribution in [-0.2, 0) is 10.0 Å². The van der Waals surface area contributed by atoms with Gasteiger partial charge in [0.05, 0.1) is 5.02 Å². The van der Waals surface area contributed by atoms with Crippen LogP contribution in [0.15, 0.2) is 52.1 Å². The van der Waals surface area contributed by atoms with E-state index >= 15 is 0 Å². The van der Waals surface area contributed by atoms with Crippen molar-refractivity contribution in [3.05, 3.63) is 53.2 Å². The third-order valence-corrected chi connectivity index (χ3v) is 5.93. The van der Waals surface area contributed by atoms with Gasteiger partial charge in [0.15, 0.2) is 11.0 Å². The maximum absolute atomic E-state index is 12.5. The summed E-state index contributed by atoms with van der Waals surface area (Å²) in [6.07, 6.45) is 1.79. The molecule has 2 aromatic carbocycles. The molecule has 4 rings (SSSR count). The van der Waals surface area contributed by atoms with Gasteiger partial charge in [-0.2, -0.15) is 0 Å². The fraction of sp³-hybridized carbons (Fsp3) is 0.118. The molecule has 0 aliphatic rings. The average Bonchev–Trinajstić information content (AvgIpc) is 3.34. The molecule has 0 aliphatic heterocycles. The zero-order chi connectivity index (χ0) is 19.7. The second-order valence-electron chi connectivity index (χ2n) is 5.94. The lowest BCUT2D eigenvalue weighted by Crippen LogP contribution is -2.34. The van der Waals surface area contributed by atoms with Crippen molar-refractivity contribution >= 4 is 49.5 Å². The summed E-state index contributed by atoms with van der Waals surface area (Å²) in [6, 6.07) is 9.85. The van der Waals surface area contributed by atoms with E-state index in [-0.39, 0.29) is 39.9 Å². The van der Waals surface area contributed by atoms with E-state index in [2.05, 4.69) is 30.0 Å². The molecule has 9 nitrogen and oxygen atoms in total. The Morgan fingerprint density at radius 1 is 1.11 bits per heavy atom. The molecule has 28 heavy (non-hydrogen) atoms. The molecular weight excluding hydrogens is 406 g/mol. The van der Waals surface area contributed by atoms with E-state index in [0.29, 0.717) is 5.56 Å². The van der Waals surface area contributed by atoms with Crippen LogP contribution in [0.4, 0.5) is 0 Å². The molecule has 2 heterocycles. The van der Waals surface area contributed by atoms with E-state index in [0.717, 1.165) is 10.9 Å². The highest BCUT2D eigenvalue weighted by Crippen LogP contribution is 2.26. The number of carbonyl (C=O) groups excluding carboxylic acids is 1. The molecule has 0 atom stereocenters. The predicted molar refractivity (Wildman–Crippen MR) is 103 cm³/mol. The number of sulfonamides is 1. The topological polar surface area (TPSA) is 130 Å². The minimum atomic E-state index is -3.88. The van der Waals surface area contributed by atoms with Gasteiger partial charge in [-0.1, -0.05) is 11.6 Å². The van der Waals surface area contributed by atoms with Crippen LogP contribution >= 0.6 is 11.6 Å². The monoisotopic (exact) mass is 419 g/mol. The van der Waals surface area contributed by atoms with Crippen molar-refractivity contribution in [2.45, 2.75) is 4.90 Å². The van der Waals surface area contributed by atoms with Gasteiger partial charge < -0.3 is 10.3 Å². The van der Waals surface area contributed by atoms with E-state index in [1.165, 1.54) is 12.1 Å². The van der Waals surface area contributed by atoms with Crippen molar-refractivity contribution in [1.29, 1.82) is 0 Å². The first-order valence-electron chi connectivity index (χ1n) is 8.21. The number of aromatic nitrogens is 3. The van der Waals surface area contributed by atoms with Gasteiger partial charge >= 0.3 is 0 Å². The van der Waals surface area contributed by atoms with Gasteiger partial charge in [-0.3, -0.25) is 4.79 Å². The average molecular weight is 420 g/mol. The van der Waals surface area contributed by atoms with Gasteiger partial charge in [0, 0.05) is 35.8 Å². The normalized spacial score (nSPS) is 11.9. The number of nitrogens with one attached hydrogen (secondary N) is 3. The quantitative estimate of drug-likeness (QED) is 0.410. The summed E-state index contributed by atoms with van der Waals surface area (Å²) in [5.74, 6) is -0.295. The molecule has 0 saturated carbocycles. The fourth-order valence-electron chi connectivity index (χ4n) is 2.77. The molecule has 0 aliphatic carbocycles. The molecule has 0 spiro atoms. The minimum absolute atomic E-state index is 0.00410. The van der Waals surface area contributed by atoms with E-state index in [9.17, 15) is 13.2 Å². The summed E-state index contributed by atoms with van der Waals surface area (Å²) in [6.45, 7) is 0.104. The summed E-state index contributed by atoms with van der Waals surface area (Å²) >= 11 is 5.94. The Morgan fingerprint density at radius 3 is 2.79 bits per heavy atom. The number of amides is 1. The first-order chi connectivity index (χ1) is 13.5. The molecule has 0 fully saturated rings. The number of carbonyl (C=O) groups is 1. The van der Waals surface area contributed by atoms with Crippen molar-refractivity contribution in [3.8, 4) is 0 Å². The molecule has 0 unspecified atom stereocenters. The highest BCUT2D eigenvalue weighted by atomic mass is 35.5. The van der Waals surface area contributed by atoms with E-state index < -0.39 is 10.0 Å². The number of H-pyrrole nitrogens is 1. The zero-order valence-corrected chi connectivity index (χ0v) is 15.8. The van der Waals surface area contributed by atoms with Crippen LogP contribution in [0.2, 0.25) is 5.02 Å². The lowest BCUT2D eigenvalue weighted by atomic mass is 10.1. The van der Waals surface area contributed by atoms with Crippen LogP contribution in [0, 0.1) is 0 Å². The van der Waals surface area contributed by atoms with Crippen LogP contribution in [0.5, 0.6) is 0 Å². The fourth-order valence-corrected chi connectivity index (χ4v) is 4.12. The summed E-state index contributed by atoms with van der Waals surface area (Å²) in [7, 11) is -3.88. The van der Waals surface area contributed by atoms with Gasteiger partial charge in [-0.25, -0.2) is 17.8 Å². The highest BCUT2D eigenvalue weighted by Gasteiger charge is 2.21. The number of fused-ring (bicyclic) bond motifs is 2. The van der Waals surface area contributed by atoms with Gasteiger partial charge in [0.1, 0.15) is 4.90 Å². The summed E-state index contributed by atoms with van der Waals surface area (Å²) in [5, 5.41) is 11.0. The van der Waals surface area contributed by atoms with Gasteiger partial charge in [0.2, 0.25) is 10.0 Å². The molecule has 0 bridgehead atoms. The van der Waals surface area contributed by atoms with E-state index in [1.54, 1.807) is 18.3 Å². The van der Waals surface area contributed by atoms with Gasteiger partial charge in [-0.05, 0) is 46.7 Å². The largest absolute Gasteiger partial charge is 0.361 e. The lowest BCUT2D eigenvalue weighted by molar-refractivity contribution is 0.0954. The van der Waals surface area contributed by atoms with Crippen LogP contribution < -0.4 is 10.0 Å². The molecule has 4 aromatic rings. The number of rotatable bonds is 6. The van der Waals surface area contributed by atoms with Crippen molar-refractivity contribution in [1.82, 2.24) is 25.3 Å². The maximum atomic E-state index is 12.5. The highest BCUT2D eigenvalue weighted by molar-refractivity contribution is 7.89. The first-order valence-corrected chi connectivity index (χ1v) is 10.1. The summed E-state index contributed by atoms with van der Waals surface area (Å²) < 4.78 is 32.0. The van der Waals surface area contributed by atoms with Crippen molar-refractivity contribution < 1.29 is 17.8 Å². The number of halogens is 1. The van der Waals surface area contributed by atoms with Gasteiger partial charge in [0.25, 0.3) is 5.91 Å². The Morgan fingerprint density at radius 2 is 1.93 bits per heavy atom. The Hall–Kier alpha value is -2.95. The standard InChI is InChI=1S/C17H14ClN5O4S/c18-12-2-4-14(16-15(12)22-27-23-16)28(25,26)21-8-7-20-17(24)11-1-3-13-10(9-11)5-6-19-13/h1-6,9,19,21H,7-8H2,(H,20,24). The number of benzene rings is 2. The SMILES string of the molecule is O=C(NCCNS(=O)(=O)c1ccc(Cl)c2nonc12)c1ccc2[nH]ccc2c1. The second kappa shape index (κ2) is 7.23. The number of hydrogen-bond acceptors (Lipinski definition) is 6. The Kier molecular flexibility index (Phi) is 4.75. The van der Waals surface area contributed by atoms with Crippen molar-refractivity contribution in [2.75, 3.05) is 13.1 Å². The van der Waals surface area contributed by atoms with E-state index in [4.69, 9.17) is 11.6 Å². The second-order valence-corrected chi connectivity index (χ2v) is 8.08. The van der Waals surface area contributed by atoms with Crippen LogP contribution in [0.25, 0.3) is 21.9 Å². The Bertz CT molecular complexity index is 1280. The molecule has 3 N–H and O–H groups in total. The summed E-state index contributed by atoms with van der Waals surface area (Å²) in [4.78, 5) is 15.2. The molecule has 11 heteroatoms. The maximum Gasteiger partial charge on any atom is 0.251 e. The zero-order valence-electron chi connectivity index (χ0n) is 14.3. The molecule has 144 valence electrons. The van der Waals surface area contributed by atoms with E-state index in [1.807, 2.05) is 12.1 Å². The molecule has 1 amide bonds. The van der Waals surface area contributed by atoms with Crippen molar-refractivity contribution in [2.24, 2.45) is 0 Å². The summed E-state index contributed by atoms with van der Waals surface area (Å²) in [5.41, 5.74) is 1.63. The van der Waals surface area contributed by atoms with Crippen LogP contribution in [0.1, 0.15) is 10.4 Å². The molecule has 0 saturated heterocycles. The van der Waals surface area contributed by atoms with Crippen molar-refractivity contribution in [3.63, 3.8) is 0 Å². The third-order valence-electron chi connectivity index (χ3n) is 4.14. The van der Waals surface area contributed by atoms with Crippen LogP contribution in [-0.4, -0.2) is 42.7 Å². The lowest BCUT2D eigenvalue weighted by Gasteiger charge is -2.08. The van der Waals surface area contributed by atoms with Gasteiger partial charge in [-0.15, -0.1) is 0 Å². The smallest absolute Gasteiger partial charge is 0.251 e.